The van der Waals surface area contributed by atoms with Crippen LogP contribution in [0.15, 0.2) is 18.2 Å². The maximum atomic E-state index is 13.0. The summed E-state index contributed by atoms with van der Waals surface area (Å²) in [6.07, 6.45) is 1.17. The molecule has 3 nitrogen and oxygen atoms in total. The number of benzene rings is 1. The quantitative estimate of drug-likeness (QED) is 0.812. The minimum atomic E-state index is -2.97. The van der Waals surface area contributed by atoms with Gasteiger partial charge in [0.2, 0.25) is 0 Å². The van der Waals surface area contributed by atoms with Crippen LogP contribution in [0.25, 0.3) is 0 Å². The van der Waals surface area contributed by atoms with E-state index in [1.807, 2.05) is 0 Å². The minimum Gasteiger partial charge on any atom is -0.323 e. The molecule has 0 amide bonds. The van der Waals surface area contributed by atoms with E-state index in [9.17, 15) is 17.2 Å². The molecule has 0 fully saturated rings. The Labute approximate surface area is 110 Å². The summed E-state index contributed by atoms with van der Waals surface area (Å²) in [6, 6.07) is 3.09. The van der Waals surface area contributed by atoms with Crippen molar-refractivity contribution in [1.82, 2.24) is 0 Å². The molecule has 1 atom stereocenters. The number of thioether (sulfide) groups is 1. The Hall–Kier alpha value is -0.660. The van der Waals surface area contributed by atoms with Gasteiger partial charge in [0, 0.05) is 23.8 Å². The molecule has 0 aliphatic carbocycles. The van der Waals surface area contributed by atoms with Crippen LogP contribution in [-0.2, 0) is 9.84 Å². The molecule has 0 radical (unpaired) electrons. The Morgan fingerprint density at radius 1 is 1.33 bits per heavy atom. The van der Waals surface area contributed by atoms with Gasteiger partial charge in [0.15, 0.2) is 11.6 Å². The smallest absolute Gasteiger partial charge is 0.159 e. The molecule has 0 aliphatic heterocycles. The number of hydrogen-bond donors (Lipinski definition) is 1. The SMILES string of the molecule is CS(=O)(=O)CCSCC(N)c1ccc(F)c(F)c1. The number of halogens is 2. The van der Waals surface area contributed by atoms with Crippen LogP contribution in [0.4, 0.5) is 8.78 Å². The largest absolute Gasteiger partial charge is 0.323 e. The maximum Gasteiger partial charge on any atom is 0.159 e. The van der Waals surface area contributed by atoms with Crippen molar-refractivity contribution < 1.29 is 17.2 Å². The first-order valence-electron chi connectivity index (χ1n) is 5.25. The molecule has 1 rings (SSSR count). The van der Waals surface area contributed by atoms with E-state index in [1.165, 1.54) is 24.1 Å². The zero-order valence-corrected chi connectivity index (χ0v) is 11.5. The van der Waals surface area contributed by atoms with Crippen LogP contribution in [0.2, 0.25) is 0 Å². The van der Waals surface area contributed by atoms with Gasteiger partial charge in [-0.15, -0.1) is 0 Å². The lowest BCUT2D eigenvalue weighted by atomic mass is 10.1. The number of nitrogens with two attached hydrogens (primary N) is 1. The van der Waals surface area contributed by atoms with Gasteiger partial charge in [0.05, 0.1) is 5.75 Å². The van der Waals surface area contributed by atoms with E-state index < -0.39 is 27.5 Å². The molecule has 0 heterocycles. The normalized spacial score (nSPS) is 13.6. The molecule has 1 aromatic carbocycles. The lowest BCUT2D eigenvalue weighted by Gasteiger charge is -2.11. The predicted molar refractivity (Wildman–Crippen MR) is 70.3 cm³/mol. The molecule has 0 saturated heterocycles. The van der Waals surface area contributed by atoms with E-state index in [1.54, 1.807) is 0 Å². The molecular formula is C11H15F2NO2S2. The van der Waals surface area contributed by atoms with Crippen LogP contribution in [0.5, 0.6) is 0 Å². The molecule has 0 saturated carbocycles. The highest BCUT2D eigenvalue weighted by Crippen LogP contribution is 2.18. The van der Waals surface area contributed by atoms with Crippen molar-refractivity contribution in [3.63, 3.8) is 0 Å². The average Bonchev–Trinajstić information content (AvgIpc) is 2.26. The second-order valence-corrected chi connectivity index (χ2v) is 7.39. The molecule has 0 spiro atoms. The van der Waals surface area contributed by atoms with Crippen molar-refractivity contribution in [2.24, 2.45) is 5.73 Å². The summed E-state index contributed by atoms with van der Waals surface area (Å²) in [5, 5.41) is 0. The lowest BCUT2D eigenvalue weighted by molar-refractivity contribution is 0.506. The summed E-state index contributed by atoms with van der Waals surface area (Å²) < 4.78 is 47.5. The predicted octanol–water partition coefficient (Wildman–Crippen LogP) is 1.74. The zero-order chi connectivity index (χ0) is 13.8. The van der Waals surface area contributed by atoms with E-state index in [0.29, 0.717) is 17.1 Å². The van der Waals surface area contributed by atoms with Crippen molar-refractivity contribution >= 4 is 21.6 Å². The standard InChI is InChI=1S/C11H15F2NO2S2/c1-18(15,16)5-4-17-7-11(14)8-2-3-9(12)10(13)6-8/h2-3,6,11H,4-5,7,14H2,1H3. The van der Waals surface area contributed by atoms with Crippen LogP contribution in [0.1, 0.15) is 11.6 Å². The highest BCUT2D eigenvalue weighted by Gasteiger charge is 2.10. The molecule has 0 bridgehead atoms. The number of hydrogen-bond acceptors (Lipinski definition) is 4. The number of sulfone groups is 1. The van der Waals surface area contributed by atoms with Gasteiger partial charge in [-0.05, 0) is 17.7 Å². The molecule has 1 unspecified atom stereocenters. The Morgan fingerprint density at radius 3 is 2.56 bits per heavy atom. The molecule has 1 aromatic rings. The summed E-state index contributed by atoms with van der Waals surface area (Å²) in [5.74, 6) is -0.848. The van der Waals surface area contributed by atoms with Crippen molar-refractivity contribution in [2.45, 2.75) is 6.04 Å². The third-order valence-corrected chi connectivity index (χ3v) is 4.56. The minimum absolute atomic E-state index is 0.0855. The summed E-state index contributed by atoms with van der Waals surface area (Å²) in [6.45, 7) is 0. The fourth-order valence-corrected chi connectivity index (χ4v) is 3.56. The topological polar surface area (TPSA) is 60.2 Å². The average molecular weight is 295 g/mol. The summed E-state index contributed by atoms with van der Waals surface area (Å²) in [4.78, 5) is 0. The lowest BCUT2D eigenvalue weighted by Crippen LogP contribution is -2.15. The summed E-state index contributed by atoms with van der Waals surface area (Å²) in [5.41, 5.74) is 6.31. The molecule has 0 aromatic heterocycles. The van der Waals surface area contributed by atoms with Crippen LogP contribution in [0.3, 0.4) is 0 Å². The van der Waals surface area contributed by atoms with Gasteiger partial charge in [-0.2, -0.15) is 11.8 Å². The van der Waals surface area contributed by atoms with E-state index in [2.05, 4.69) is 0 Å². The fraction of sp³-hybridized carbons (Fsp3) is 0.455. The zero-order valence-electron chi connectivity index (χ0n) is 9.90. The van der Waals surface area contributed by atoms with E-state index in [4.69, 9.17) is 5.73 Å². The summed E-state index contributed by atoms with van der Waals surface area (Å²) in [7, 11) is -2.97. The first-order chi connectivity index (χ1) is 8.29. The Balaban J connectivity index is 2.45. The highest BCUT2D eigenvalue weighted by atomic mass is 32.2. The van der Waals surface area contributed by atoms with Gasteiger partial charge in [0.25, 0.3) is 0 Å². The first kappa shape index (κ1) is 15.4. The van der Waals surface area contributed by atoms with Crippen LogP contribution in [0, 0.1) is 11.6 Å². The molecule has 18 heavy (non-hydrogen) atoms. The third-order valence-electron chi connectivity index (χ3n) is 2.27. The molecule has 102 valence electrons. The second kappa shape index (κ2) is 6.49. The van der Waals surface area contributed by atoms with E-state index in [0.717, 1.165) is 12.1 Å². The van der Waals surface area contributed by atoms with Gasteiger partial charge in [-0.3, -0.25) is 0 Å². The maximum absolute atomic E-state index is 13.0. The van der Waals surface area contributed by atoms with E-state index >= 15 is 0 Å². The Bertz CT molecular complexity index is 506. The summed E-state index contributed by atoms with van der Waals surface area (Å²) >= 11 is 1.37. The monoisotopic (exact) mass is 295 g/mol. The molecular weight excluding hydrogens is 280 g/mol. The van der Waals surface area contributed by atoms with Crippen molar-refractivity contribution in [3.05, 3.63) is 35.4 Å². The molecule has 7 heteroatoms. The van der Waals surface area contributed by atoms with Crippen LogP contribution < -0.4 is 5.73 Å². The third kappa shape index (κ3) is 5.32. The van der Waals surface area contributed by atoms with Gasteiger partial charge in [0.1, 0.15) is 9.84 Å². The first-order valence-corrected chi connectivity index (χ1v) is 8.47. The highest BCUT2D eigenvalue weighted by molar-refractivity contribution is 8.00. The van der Waals surface area contributed by atoms with Gasteiger partial charge < -0.3 is 5.73 Å². The van der Waals surface area contributed by atoms with Crippen LogP contribution in [-0.4, -0.2) is 31.9 Å². The van der Waals surface area contributed by atoms with E-state index in [-0.39, 0.29) is 5.75 Å². The van der Waals surface area contributed by atoms with Crippen molar-refractivity contribution in [1.29, 1.82) is 0 Å². The number of rotatable bonds is 6. The Morgan fingerprint density at radius 2 is 2.00 bits per heavy atom. The fourth-order valence-electron chi connectivity index (χ4n) is 1.26. The Kier molecular flexibility index (Phi) is 5.55. The van der Waals surface area contributed by atoms with Gasteiger partial charge in [-0.1, -0.05) is 6.07 Å². The molecule has 2 N–H and O–H groups in total. The van der Waals surface area contributed by atoms with Gasteiger partial charge >= 0.3 is 0 Å². The second-order valence-electron chi connectivity index (χ2n) is 3.98. The van der Waals surface area contributed by atoms with Crippen molar-refractivity contribution in [3.8, 4) is 0 Å². The molecule has 0 aliphatic rings. The van der Waals surface area contributed by atoms with Gasteiger partial charge in [-0.25, -0.2) is 17.2 Å². The van der Waals surface area contributed by atoms with Crippen LogP contribution >= 0.6 is 11.8 Å². The van der Waals surface area contributed by atoms with Crippen molar-refractivity contribution in [2.75, 3.05) is 23.5 Å².